The number of urea groups is 1. The third-order valence-corrected chi connectivity index (χ3v) is 3.67. The Bertz CT molecular complexity index is 658. The van der Waals surface area contributed by atoms with E-state index in [2.05, 4.69) is 15.6 Å². The summed E-state index contributed by atoms with van der Waals surface area (Å²) in [5.74, 6) is 1.42. The van der Waals surface area contributed by atoms with E-state index < -0.39 is 0 Å². The van der Waals surface area contributed by atoms with E-state index in [1.165, 1.54) is 0 Å². The maximum atomic E-state index is 12.2. The number of nitrogens with one attached hydrogen (secondary N) is 2. The molecular weight excluding hydrogens is 308 g/mol. The lowest BCUT2D eigenvalue weighted by Crippen LogP contribution is -2.43. The summed E-state index contributed by atoms with van der Waals surface area (Å²) in [4.78, 5) is 16.2. The number of ether oxygens (including phenoxy) is 2. The Morgan fingerprint density at radius 1 is 1.25 bits per heavy atom. The predicted molar refractivity (Wildman–Crippen MR) is 91.3 cm³/mol. The molecule has 2 aromatic rings. The van der Waals surface area contributed by atoms with Gasteiger partial charge in [-0.25, -0.2) is 9.78 Å². The monoisotopic (exact) mass is 332 g/mol. The van der Waals surface area contributed by atoms with Gasteiger partial charge in [0.1, 0.15) is 11.5 Å². The molecule has 2 rings (SSSR count). The number of carbonyl (C=O) groups excluding carboxylic acids is 1. The van der Waals surface area contributed by atoms with Crippen molar-refractivity contribution < 1.29 is 14.3 Å². The van der Waals surface area contributed by atoms with Gasteiger partial charge in [0.2, 0.25) is 0 Å². The van der Waals surface area contributed by atoms with Gasteiger partial charge in [0.25, 0.3) is 0 Å². The van der Waals surface area contributed by atoms with Crippen LogP contribution in [0.2, 0.25) is 0 Å². The molecule has 0 saturated heterocycles. The van der Waals surface area contributed by atoms with Crippen LogP contribution >= 0.6 is 0 Å². The highest BCUT2D eigenvalue weighted by molar-refractivity contribution is 5.74. The van der Waals surface area contributed by atoms with Crippen LogP contribution in [0.3, 0.4) is 0 Å². The summed E-state index contributed by atoms with van der Waals surface area (Å²) in [5.41, 5.74) is 0.856. The van der Waals surface area contributed by atoms with Crippen molar-refractivity contribution in [3.63, 3.8) is 0 Å². The van der Waals surface area contributed by atoms with Gasteiger partial charge in [-0.1, -0.05) is 0 Å². The number of hydrogen-bond donors (Lipinski definition) is 2. The Morgan fingerprint density at radius 2 is 2.04 bits per heavy atom. The maximum Gasteiger partial charge on any atom is 0.315 e. The van der Waals surface area contributed by atoms with E-state index in [4.69, 9.17) is 9.47 Å². The van der Waals surface area contributed by atoms with Gasteiger partial charge in [0.15, 0.2) is 0 Å². The molecule has 2 unspecified atom stereocenters. The molecule has 0 bridgehead atoms. The lowest BCUT2D eigenvalue weighted by atomic mass is 10.1. The van der Waals surface area contributed by atoms with Crippen LogP contribution in [0.5, 0.6) is 11.5 Å². The molecule has 0 spiro atoms. The lowest BCUT2D eigenvalue weighted by Gasteiger charge is -2.20. The molecule has 7 heteroatoms. The number of nitrogens with zero attached hydrogens (tertiary/aromatic N) is 2. The zero-order valence-electron chi connectivity index (χ0n) is 14.4. The van der Waals surface area contributed by atoms with Gasteiger partial charge in [-0.05, 0) is 32.0 Å². The second kappa shape index (κ2) is 8.24. The van der Waals surface area contributed by atoms with Gasteiger partial charge >= 0.3 is 6.03 Å². The topological polar surface area (TPSA) is 77.4 Å². The first-order chi connectivity index (χ1) is 11.5. The number of rotatable bonds is 7. The van der Waals surface area contributed by atoms with E-state index in [9.17, 15) is 4.79 Å². The molecule has 1 heterocycles. The molecule has 7 nitrogen and oxygen atoms in total. The zero-order chi connectivity index (χ0) is 17.5. The molecule has 0 fully saturated rings. The van der Waals surface area contributed by atoms with Crippen LogP contribution in [0.4, 0.5) is 4.79 Å². The van der Waals surface area contributed by atoms with Crippen LogP contribution in [-0.4, -0.2) is 35.8 Å². The minimum Gasteiger partial charge on any atom is -0.497 e. The summed E-state index contributed by atoms with van der Waals surface area (Å²) in [5, 5.41) is 5.84. The van der Waals surface area contributed by atoms with Crippen LogP contribution in [0.15, 0.2) is 36.9 Å². The van der Waals surface area contributed by atoms with Crippen LogP contribution in [0.1, 0.15) is 25.5 Å². The van der Waals surface area contributed by atoms with E-state index in [0.717, 1.165) is 5.56 Å². The van der Waals surface area contributed by atoms with Crippen molar-refractivity contribution in [2.24, 2.45) is 0 Å². The molecule has 24 heavy (non-hydrogen) atoms. The molecule has 0 aliphatic rings. The van der Waals surface area contributed by atoms with Gasteiger partial charge in [-0.15, -0.1) is 0 Å². The van der Waals surface area contributed by atoms with Crippen molar-refractivity contribution >= 4 is 6.03 Å². The highest BCUT2D eigenvalue weighted by atomic mass is 16.5. The number of carbonyl (C=O) groups is 1. The Kier molecular flexibility index (Phi) is 6.06. The van der Waals surface area contributed by atoms with Crippen LogP contribution in [0, 0.1) is 0 Å². The molecule has 2 N–H and O–H groups in total. The van der Waals surface area contributed by atoms with Gasteiger partial charge in [-0.3, -0.25) is 0 Å². The van der Waals surface area contributed by atoms with Gasteiger partial charge in [0.05, 0.1) is 26.6 Å². The van der Waals surface area contributed by atoms with Gasteiger partial charge in [0, 0.05) is 30.5 Å². The van der Waals surface area contributed by atoms with Crippen LogP contribution < -0.4 is 20.1 Å². The van der Waals surface area contributed by atoms with Gasteiger partial charge in [-0.2, -0.15) is 0 Å². The number of methoxy groups -OCH3 is 2. The lowest BCUT2D eigenvalue weighted by molar-refractivity contribution is 0.233. The largest absolute Gasteiger partial charge is 0.497 e. The summed E-state index contributed by atoms with van der Waals surface area (Å²) in [6.45, 7) is 4.50. The fourth-order valence-electron chi connectivity index (χ4n) is 2.47. The predicted octanol–water partition coefficient (Wildman–Crippen LogP) is 2.35. The van der Waals surface area contributed by atoms with E-state index in [1.54, 1.807) is 26.7 Å². The first kappa shape index (κ1) is 17.7. The number of hydrogen-bond acceptors (Lipinski definition) is 4. The molecule has 2 amide bonds. The quantitative estimate of drug-likeness (QED) is 0.816. The SMILES string of the molecule is COc1ccc(OC)c(C(C)NC(=O)NC(C)Cn2ccnc2)c1. The van der Waals surface area contributed by atoms with Crippen molar-refractivity contribution in [3.8, 4) is 11.5 Å². The highest BCUT2D eigenvalue weighted by Gasteiger charge is 2.16. The van der Waals surface area contributed by atoms with Crippen LogP contribution in [-0.2, 0) is 6.54 Å². The first-order valence-corrected chi connectivity index (χ1v) is 7.78. The minimum absolute atomic E-state index is 0.0291. The summed E-state index contributed by atoms with van der Waals surface area (Å²) < 4.78 is 12.5. The van der Waals surface area contributed by atoms with E-state index in [0.29, 0.717) is 18.0 Å². The van der Waals surface area contributed by atoms with Crippen molar-refractivity contribution in [1.82, 2.24) is 20.2 Å². The number of benzene rings is 1. The minimum atomic E-state index is -0.236. The fraction of sp³-hybridized carbons (Fsp3) is 0.412. The standard InChI is InChI=1S/C17H24N4O3/c1-12(10-21-8-7-18-11-21)19-17(22)20-13(2)15-9-14(23-3)5-6-16(15)24-4/h5-9,11-13H,10H2,1-4H3,(H2,19,20,22). The Morgan fingerprint density at radius 3 is 2.67 bits per heavy atom. The van der Waals surface area contributed by atoms with Crippen LogP contribution in [0.25, 0.3) is 0 Å². The Hall–Kier alpha value is -2.70. The average molecular weight is 332 g/mol. The normalized spacial score (nSPS) is 13.0. The molecule has 1 aromatic carbocycles. The number of imidazole rings is 1. The summed E-state index contributed by atoms with van der Waals surface area (Å²) in [7, 11) is 3.21. The molecule has 0 aliphatic carbocycles. The molecule has 0 saturated carbocycles. The number of aromatic nitrogens is 2. The highest BCUT2D eigenvalue weighted by Crippen LogP contribution is 2.29. The summed E-state index contributed by atoms with van der Waals surface area (Å²) in [6.07, 6.45) is 5.30. The van der Waals surface area contributed by atoms with E-state index in [1.807, 2.05) is 42.8 Å². The fourth-order valence-corrected chi connectivity index (χ4v) is 2.47. The smallest absolute Gasteiger partial charge is 0.315 e. The van der Waals surface area contributed by atoms with E-state index >= 15 is 0 Å². The van der Waals surface area contributed by atoms with Crippen molar-refractivity contribution in [1.29, 1.82) is 0 Å². The molecule has 2 atom stereocenters. The molecule has 0 radical (unpaired) electrons. The Balaban J connectivity index is 1.95. The Labute approximate surface area is 142 Å². The van der Waals surface area contributed by atoms with Crippen molar-refractivity contribution in [2.45, 2.75) is 32.5 Å². The second-order valence-corrected chi connectivity index (χ2v) is 5.61. The molecular formula is C17H24N4O3. The van der Waals surface area contributed by atoms with E-state index in [-0.39, 0.29) is 18.1 Å². The maximum absolute atomic E-state index is 12.2. The first-order valence-electron chi connectivity index (χ1n) is 7.78. The third-order valence-electron chi connectivity index (χ3n) is 3.67. The molecule has 130 valence electrons. The summed E-state index contributed by atoms with van der Waals surface area (Å²) in [6, 6.07) is 5.02. The molecule has 0 aliphatic heterocycles. The number of amides is 2. The van der Waals surface area contributed by atoms with Crippen molar-refractivity contribution in [3.05, 3.63) is 42.5 Å². The average Bonchev–Trinajstić information content (AvgIpc) is 3.06. The zero-order valence-corrected chi connectivity index (χ0v) is 14.4. The van der Waals surface area contributed by atoms with Gasteiger partial charge < -0.3 is 24.7 Å². The summed E-state index contributed by atoms with van der Waals surface area (Å²) >= 11 is 0. The second-order valence-electron chi connectivity index (χ2n) is 5.61. The third kappa shape index (κ3) is 4.65. The van der Waals surface area contributed by atoms with Crippen molar-refractivity contribution in [2.75, 3.05) is 14.2 Å². The molecule has 1 aromatic heterocycles.